The molecule has 2 heterocycles. The van der Waals surface area contributed by atoms with Crippen LogP contribution in [-0.4, -0.2) is 49.7 Å². The molecule has 0 aliphatic carbocycles. The van der Waals surface area contributed by atoms with Gasteiger partial charge in [-0.3, -0.25) is 4.79 Å². The number of ether oxygens (including phenoxy) is 1. The Bertz CT molecular complexity index is 1040. The Kier molecular flexibility index (Phi) is 6.46. The summed E-state index contributed by atoms with van der Waals surface area (Å²) in [5.74, 6) is 0.567. The number of imidazole rings is 1. The zero-order chi connectivity index (χ0) is 21.7. The van der Waals surface area contributed by atoms with E-state index in [0.29, 0.717) is 17.0 Å². The molecule has 0 fully saturated rings. The topological polar surface area (TPSA) is 117 Å². The number of H-pyrrole nitrogens is 1. The molecule has 9 nitrogen and oxygen atoms in total. The van der Waals surface area contributed by atoms with E-state index >= 15 is 0 Å². The fourth-order valence-corrected chi connectivity index (χ4v) is 2.90. The van der Waals surface area contributed by atoms with E-state index in [4.69, 9.17) is 17.0 Å². The third kappa shape index (κ3) is 5.86. The van der Waals surface area contributed by atoms with Gasteiger partial charge >= 0.3 is 5.97 Å². The predicted octanol–water partition coefficient (Wildman–Crippen LogP) is 3.08. The molecule has 2 aromatic heterocycles. The normalized spacial score (nSPS) is 11.2. The van der Waals surface area contributed by atoms with Crippen molar-refractivity contribution in [1.29, 1.82) is 0 Å². The zero-order valence-corrected chi connectivity index (χ0v) is 18.2. The van der Waals surface area contributed by atoms with Gasteiger partial charge in [0.2, 0.25) is 11.9 Å². The lowest BCUT2D eigenvalue weighted by Gasteiger charge is -2.19. The van der Waals surface area contributed by atoms with E-state index in [-0.39, 0.29) is 12.5 Å². The highest BCUT2D eigenvalue weighted by Crippen LogP contribution is 2.23. The molecule has 0 atom stereocenters. The standard InChI is InChI=1S/C20H25N7O2S/c1-5-21-19(30)27-18-25-14-7-6-12(8-15(14)26-18)13-9-22-17(23-10-13)24-11-16(28)29-20(2,3)4/h6-10H,5,11H2,1-4H3,(H,22,23,24)(H3,21,25,26,27,30). The summed E-state index contributed by atoms with van der Waals surface area (Å²) in [7, 11) is 0. The molecule has 0 bridgehead atoms. The average Bonchev–Trinajstić information content (AvgIpc) is 3.07. The molecule has 3 aromatic rings. The molecular weight excluding hydrogens is 402 g/mol. The number of aromatic amines is 1. The molecule has 4 N–H and O–H groups in total. The number of aromatic nitrogens is 4. The van der Waals surface area contributed by atoms with E-state index in [1.807, 2.05) is 45.9 Å². The minimum Gasteiger partial charge on any atom is -0.459 e. The number of carbonyl (C=O) groups excluding carboxylic acids is 1. The Balaban J connectivity index is 1.67. The van der Waals surface area contributed by atoms with Gasteiger partial charge in [-0.05, 0) is 57.6 Å². The molecule has 0 aliphatic heterocycles. The maximum absolute atomic E-state index is 11.8. The number of anilines is 2. The Hall–Kier alpha value is -3.27. The lowest BCUT2D eigenvalue weighted by atomic mass is 10.1. The second-order valence-electron chi connectivity index (χ2n) is 7.54. The Morgan fingerprint density at radius 1 is 1.20 bits per heavy atom. The highest BCUT2D eigenvalue weighted by molar-refractivity contribution is 7.80. The lowest BCUT2D eigenvalue weighted by Crippen LogP contribution is -2.28. The van der Waals surface area contributed by atoms with Gasteiger partial charge in [0.05, 0.1) is 11.0 Å². The number of benzene rings is 1. The Morgan fingerprint density at radius 2 is 1.93 bits per heavy atom. The van der Waals surface area contributed by atoms with E-state index in [0.717, 1.165) is 28.7 Å². The van der Waals surface area contributed by atoms with Crippen LogP contribution < -0.4 is 16.0 Å². The second kappa shape index (κ2) is 9.04. The van der Waals surface area contributed by atoms with Crippen LogP contribution in [-0.2, 0) is 9.53 Å². The number of nitrogens with zero attached hydrogens (tertiary/aromatic N) is 3. The smallest absolute Gasteiger partial charge is 0.325 e. The van der Waals surface area contributed by atoms with Gasteiger partial charge in [0.15, 0.2) is 5.11 Å². The van der Waals surface area contributed by atoms with Crippen LogP contribution >= 0.6 is 12.2 Å². The third-order valence-corrected chi connectivity index (χ3v) is 4.09. The molecule has 158 valence electrons. The summed E-state index contributed by atoms with van der Waals surface area (Å²) in [4.78, 5) is 28.0. The van der Waals surface area contributed by atoms with Crippen LogP contribution in [0.1, 0.15) is 27.7 Å². The number of thiocarbonyl (C=S) groups is 1. The van der Waals surface area contributed by atoms with Gasteiger partial charge in [0.1, 0.15) is 12.1 Å². The largest absolute Gasteiger partial charge is 0.459 e. The van der Waals surface area contributed by atoms with Crippen molar-refractivity contribution in [2.24, 2.45) is 0 Å². The van der Waals surface area contributed by atoms with Crippen LogP contribution in [0.25, 0.3) is 22.2 Å². The van der Waals surface area contributed by atoms with Gasteiger partial charge in [0, 0.05) is 24.5 Å². The molecule has 0 saturated carbocycles. The van der Waals surface area contributed by atoms with Crippen LogP contribution in [0, 0.1) is 0 Å². The summed E-state index contributed by atoms with van der Waals surface area (Å²) >= 11 is 5.18. The molecule has 1 aromatic carbocycles. The van der Waals surface area contributed by atoms with E-state index < -0.39 is 5.60 Å². The molecule has 3 rings (SSSR count). The first-order valence-electron chi connectivity index (χ1n) is 9.56. The molecule has 10 heteroatoms. The Morgan fingerprint density at radius 3 is 2.60 bits per heavy atom. The van der Waals surface area contributed by atoms with Crippen LogP contribution in [0.15, 0.2) is 30.6 Å². The first kappa shape index (κ1) is 21.4. The number of hydrogen-bond donors (Lipinski definition) is 4. The fourth-order valence-electron chi connectivity index (χ4n) is 2.65. The van der Waals surface area contributed by atoms with Crippen molar-refractivity contribution in [3.05, 3.63) is 30.6 Å². The number of hydrogen-bond acceptors (Lipinski definition) is 7. The summed E-state index contributed by atoms with van der Waals surface area (Å²) in [6.45, 7) is 8.17. The molecular formula is C20H25N7O2S. The van der Waals surface area contributed by atoms with Gasteiger partial charge in [-0.1, -0.05) is 6.07 Å². The third-order valence-electron chi connectivity index (χ3n) is 3.85. The molecule has 0 unspecified atom stereocenters. The summed E-state index contributed by atoms with van der Waals surface area (Å²) < 4.78 is 5.25. The minimum absolute atomic E-state index is 0.000371. The molecule has 0 radical (unpaired) electrons. The summed E-state index contributed by atoms with van der Waals surface area (Å²) in [6, 6.07) is 5.84. The first-order chi connectivity index (χ1) is 14.2. The van der Waals surface area contributed by atoms with E-state index in [9.17, 15) is 4.79 Å². The predicted molar refractivity (Wildman–Crippen MR) is 121 cm³/mol. The summed E-state index contributed by atoms with van der Waals surface area (Å²) in [6.07, 6.45) is 3.38. The van der Waals surface area contributed by atoms with E-state index in [2.05, 4.69) is 35.9 Å². The van der Waals surface area contributed by atoms with Crippen LogP contribution in [0.5, 0.6) is 0 Å². The zero-order valence-electron chi connectivity index (χ0n) is 17.4. The number of carbonyl (C=O) groups is 1. The quantitative estimate of drug-likeness (QED) is 0.348. The van der Waals surface area contributed by atoms with Crippen molar-refractivity contribution in [2.75, 3.05) is 23.7 Å². The van der Waals surface area contributed by atoms with Gasteiger partial charge in [0.25, 0.3) is 0 Å². The molecule has 0 spiro atoms. The summed E-state index contributed by atoms with van der Waals surface area (Å²) in [5, 5.41) is 9.42. The number of fused-ring (bicyclic) bond motifs is 1. The van der Waals surface area contributed by atoms with Crippen LogP contribution in [0.3, 0.4) is 0 Å². The minimum atomic E-state index is -0.527. The van der Waals surface area contributed by atoms with Crippen molar-refractivity contribution in [1.82, 2.24) is 25.3 Å². The number of rotatable bonds is 6. The van der Waals surface area contributed by atoms with Gasteiger partial charge in [-0.2, -0.15) is 0 Å². The molecule has 0 aliphatic rings. The van der Waals surface area contributed by atoms with Crippen molar-refractivity contribution in [2.45, 2.75) is 33.3 Å². The maximum Gasteiger partial charge on any atom is 0.325 e. The van der Waals surface area contributed by atoms with Crippen LogP contribution in [0.2, 0.25) is 0 Å². The number of nitrogens with one attached hydrogen (secondary N) is 4. The number of esters is 1. The first-order valence-corrected chi connectivity index (χ1v) is 9.97. The second-order valence-corrected chi connectivity index (χ2v) is 7.95. The van der Waals surface area contributed by atoms with Crippen LogP contribution in [0.4, 0.5) is 11.9 Å². The fraction of sp³-hybridized carbons (Fsp3) is 0.350. The summed E-state index contributed by atoms with van der Waals surface area (Å²) in [5.41, 5.74) is 2.91. The molecule has 30 heavy (non-hydrogen) atoms. The SMILES string of the molecule is CCNC(=S)Nc1nc2cc(-c3cnc(NCC(=O)OC(C)(C)C)nc3)ccc2[nH]1. The highest BCUT2D eigenvalue weighted by atomic mass is 32.1. The van der Waals surface area contributed by atoms with Crippen molar-refractivity contribution < 1.29 is 9.53 Å². The molecule has 0 amide bonds. The van der Waals surface area contributed by atoms with Crippen molar-refractivity contribution >= 4 is 46.2 Å². The lowest BCUT2D eigenvalue weighted by molar-refractivity contribution is -0.152. The van der Waals surface area contributed by atoms with Crippen molar-refractivity contribution in [3.63, 3.8) is 0 Å². The maximum atomic E-state index is 11.8. The van der Waals surface area contributed by atoms with Gasteiger partial charge in [-0.25, -0.2) is 15.0 Å². The van der Waals surface area contributed by atoms with Crippen molar-refractivity contribution in [3.8, 4) is 11.1 Å². The Labute approximate surface area is 180 Å². The van der Waals surface area contributed by atoms with Gasteiger partial charge in [-0.15, -0.1) is 0 Å². The molecule has 0 saturated heterocycles. The van der Waals surface area contributed by atoms with E-state index in [1.54, 1.807) is 12.4 Å². The van der Waals surface area contributed by atoms with Gasteiger partial charge < -0.3 is 25.7 Å². The van der Waals surface area contributed by atoms with E-state index in [1.165, 1.54) is 0 Å². The average molecular weight is 428 g/mol. The highest BCUT2D eigenvalue weighted by Gasteiger charge is 2.16. The monoisotopic (exact) mass is 427 g/mol.